The van der Waals surface area contributed by atoms with Crippen molar-refractivity contribution < 1.29 is 9.47 Å². The minimum absolute atomic E-state index is 0.364. The smallest absolute Gasteiger partial charge is 0.161 e. The zero-order chi connectivity index (χ0) is 14.7. The molecular weight excluding hydrogens is 262 g/mol. The van der Waals surface area contributed by atoms with Gasteiger partial charge in [-0.3, -0.25) is 0 Å². The molecule has 3 heteroatoms. The van der Waals surface area contributed by atoms with Crippen molar-refractivity contribution >= 4 is 0 Å². The van der Waals surface area contributed by atoms with Gasteiger partial charge in [-0.15, -0.1) is 0 Å². The van der Waals surface area contributed by atoms with E-state index in [1.54, 1.807) is 0 Å². The van der Waals surface area contributed by atoms with E-state index in [0.29, 0.717) is 6.04 Å². The summed E-state index contributed by atoms with van der Waals surface area (Å²) in [6.45, 7) is 3.60. The Kier molecular flexibility index (Phi) is 4.11. The van der Waals surface area contributed by atoms with E-state index in [2.05, 4.69) is 48.6 Å². The quantitative estimate of drug-likeness (QED) is 0.929. The molecule has 0 amide bonds. The van der Waals surface area contributed by atoms with Crippen LogP contribution in [0.3, 0.4) is 0 Å². The molecule has 110 valence electrons. The Morgan fingerprint density at radius 1 is 0.905 bits per heavy atom. The van der Waals surface area contributed by atoms with Crippen molar-refractivity contribution in [3.05, 3.63) is 48.0 Å². The fourth-order valence-electron chi connectivity index (χ4n) is 2.47. The van der Waals surface area contributed by atoms with Crippen LogP contribution < -0.4 is 14.8 Å². The van der Waals surface area contributed by atoms with Crippen LogP contribution in [-0.2, 0) is 0 Å². The van der Waals surface area contributed by atoms with Gasteiger partial charge in [0.2, 0.25) is 0 Å². The fraction of sp³-hybridized carbons (Fsp3) is 0.333. The van der Waals surface area contributed by atoms with E-state index in [4.69, 9.17) is 9.47 Å². The third-order valence-corrected chi connectivity index (χ3v) is 3.92. The lowest BCUT2D eigenvalue weighted by Crippen LogP contribution is -2.11. The van der Waals surface area contributed by atoms with Gasteiger partial charge < -0.3 is 14.8 Å². The summed E-state index contributed by atoms with van der Waals surface area (Å²) in [6.07, 6.45) is 0.931. The van der Waals surface area contributed by atoms with Gasteiger partial charge in [-0.05, 0) is 42.8 Å². The number of nitrogens with one attached hydrogen (secondary N) is 1. The van der Waals surface area contributed by atoms with Crippen LogP contribution in [0.2, 0.25) is 0 Å². The Balaban J connectivity index is 1.88. The zero-order valence-corrected chi connectivity index (χ0v) is 12.6. The van der Waals surface area contributed by atoms with Crippen LogP contribution in [0.25, 0.3) is 11.1 Å². The normalized spacial score (nSPS) is 15.3. The van der Waals surface area contributed by atoms with Gasteiger partial charge in [-0.1, -0.05) is 30.3 Å². The summed E-state index contributed by atoms with van der Waals surface area (Å²) in [7, 11) is 1.97. The largest absolute Gasteiger partial charge is 0.490 e. The number of benzene rings is 2. The molecule has 1 N–H and O–H groups in total. The third kappa shape index (κ3) is 3.03. The second kappa shape index (κ2) is 6.19. The Labute approximate surface area is 125 Å². The summed E-state index contributed by atoms with van der Waals surface area (Å²) in [5.74, 6) is 1.69. The Bertz CT molecular complexity index is 607. The van der Waals surface area contributed by atoms with Crippen LogP contribution in [0, 0.1) is 0 Å². The van der Waals surface area contributed by atoms with Crippen LogP contribution >= 0.6 is 0 Å². The summed E-state index contributed by atoms with van der Waals surface area (Å²) in [6, 6.07) is 15.2. The number of fused-ring (bicyclic) bond motifs is 1. The van der Waals surface area contributed by atoms with E-state index in [9.17, 15) is 0 Å². The molecule has 2 aromatic carbocycles. The SMILES string of the molecule is CNC(C)c1ccc(-c2ccc3c(c2)OCCCO3)cc1. The van der Waals surface area contributed by atoms with Crippen molar-refractivity contribution in [1.29, 1.82) is 0 Å². The molecule has 0 bridgehead atoms. The zero-order valence-electron chi connectivity index (χ0n) is 12.6. The van der Waals surface area contributed by atoms with Crippen LogP contribution in [0.15, 0.2) is 42.5 Å². The van der Waals surface area contributed by atoms with Crippen LogP contribution in [0.4, 0.5) is 0 Å². The minimum Gasteiger partial charge on any atom is -0.490 e. The van der Waals surface area contributed by atoms with Gasteiger partial charge in [0, 0.05) is 12.5 Å². The Morgan fingerprint density at radius 3 is 2.29 bits per heavy atom. The molecule has 0 saturated carbocycles. The van der Waals surface area contributed by atoms with E-state index in [-0.39, 0.29) is 0 Å². The van der Waals surface area contributed by atoms with Gasteiger partial charge in [0.25, 0.3) is 0 Å². The molecule has 2 aromatic rings. The lowest BCUT2D eigenvalue weighted by atomic mass is 10.0. The van der Waals surface area contributed by atoms with E-state index in [1.807, 2.05) is 13.1 Å². The first-order valence-corrected chi connectivity index (χ1v) is 7.45. The van der Waals surface area contributed by atoms with Crippen molar-refractivity contribution in [1.82, 2.24) is 5.32 Å². The van der Waals surface area contributed by atoms with Gasteiger partial charge in [-0.25, -0.2) is 0 Å². The van der Waals surface area contributed by atoms with Crippen LogP contribution in [0.5, 0.6) is 11.5 Å². The molecule has 0 aliphatic carbocycles. The summed E-state index contributed by atoms with van der Waals surface area (Å²) in [5, 5.41) is 3.25. The Morgan fingerprint density at radius 2 is 1.57 bits per heavy atom. The molecule has 1 heterocycles. The molecular formula is C18H21NO2. The van der Waals surface area contributed by atoms with Crippen molar-refractivity contribution in [3.63, 3.8) is 0 Å². The second-order valence-electron chi connectivity index (χ2n) is 5.34. The molecule has 1 aliphatic rings. The number of hydrogen-bond donors (Lipinski definition) is 1. The van der Waals surface area contributed by atoms with Crippen LogP contribution in [0.1, 0.15) is 24.9 Å². The maximum Gasteiger partial charge on any atom is 0.161 e. The summed E-state index contributed by atoms with van der Waals surface area (Å²) in [5.41, 5.74) is 3.64. The summed E-state index contributed by atoms with van der Waals surface area (Å²) < 4.78 is 11.4. The molecule has 1 aliphatic heterocycles. The molecule has 0 fully saturated rings. The molecule has 0 aromatic heterocycles. The summed E-state index contributed by atoms with van der Waals surface area (Å²) >= 11 is 0. The first-order valence-electron chi connectivity index (χ1n) is 7.45. The maximum atomic E-state index is 5.75. The van der Waals surface area contributed by atoms with E-state index < -0.39 is 0 Å². The second-order valence-corrected chi connectivity index (χ2v) is 5.34. The Hall–Kier alpha value is -2.00. The highest BCUT2D eigenvalue weighted by Crippen LogP contribution is 2.34. The first-order chi connectivity index (χ1) is 10.3. The van der Waals surface area contributed by atoms with Gasteiger partial charge in [0.15, 0.2) is 11.5 Å². The molecule has 1 atom stereocenters. The van der Waals surface area contributed by atoms with Crippen molar-refractivity contribution in [2.24, 2.45) is 0 Å². The van der Waals surface area contributed by atoms with Gasteiger partial charge in [-0.2, -0.15) is 0 Å². The lowest BCUT2D eigenvalue weighted by molar-refractivity contribution is 0.297. The van der Waals surface area contributed by atoms with E-state index in [0.717, 1.165) is 36.7 Å². The average Bonchev–Trinajstić information content (AvgIpc) is 2.79. The fourth-order valence-corrected chi connectivity index (χ4v) is 2.47. The first kappa shape index (κ1) is 14.0. The number of hydrogen-bond acceptors (Lipinski definition) is 3. The minimum atomic E-state index is 0.364. The van der Waals surface area contributed by atoms with Gasteiger partial charge >= 0.3 is 0 Å². The monoisotopic (exact) mass is 283 g/mol. The van der Waals surface area contributed by atoms with Crippen molar-refractivity contribution in [3.8, 4) is 22.6 Å². The van der Waals surface area contributed by atoms with Crippen LogP contribution in [-0.4, -0.2) is 20.3 Å². The third-order valence-electron chi connectivity index (χ3n) is 3.92. The summed E-state index contributed by atoms with van der Waals surface area (Å²) in [4.78, 5) is 0. The highest BCUT2D eigenvalue weighted by molar-refractivity contribution is 5.67. The molecule has 3 nitrogen and oxygen atoms in total. The lowest BCUT2D eigenvalue weighted by Gasteiger charge is -2.12. The molecule has 0 spiro atoms. The molecule has 21 heavy (non-hydrogen) atoms. The van der Waals surface area contributed by atoms with Gasteiger partial charge in [0.05, 0.1) is 13.2 Å². The average molecular weight is 283 g/mol. The standard InChI is InChI=1S/C18H21NO2/c1-13(19-2)14-4-6-15(7-5-14)16-8-9-17-18(12-16)21-11-3-10-20-17/h4-9,12-13,19H,3,10-11H2,1-2H3. The van der Waals surface area contributed by atoms with Crippen molar-refractivity contribution in [2.45, 2.75) is 19.4 Å². The predicted octanol–water partition coefficient (Wildman–Crippen LogP) is 3.80. The molecule has 0 radical (unpaired) electrons. The predicted molar refractivity (Wildman–Crippen MR) is 85.0 cm³/mol. The van der Waals surface area contributed by atoms with E-state index in [1.165, 1.54) is 11.1 Å². The number of rotatable bonds is 3. The molecule has 3 rings (SSSR count). The molecule has 0 saturated heterocycles. The maximum absolute atomic E-state index is 5.75. The van der Waals surface area contributed by atoms with Crippen molar-refractivity contribution in [2.75, 3.05) is 20.3 Å². The number of ether oxygens (including phenoxy) is 2. The van der Waals surface area contributed by atoms with E-state index >= 15 is 0 Å². The molecule has 1 unspecified atom stereocenters. The topological polar surface area (TPSA) is 30.5 Å². The highest BCUT2D eigenvalue weighted by Gasteiger charge is 2.11. The highest BCUT2D eigenvalue weighted by atomic mass is 16.5. The van der Waals surface area contributed by atoms with Gasteiger partial charge in [0.1, 0.15) is 0 Å².